The molecular weight excluding hydrogens is 274 g/mol. The smallest absolute Gasteiger partial charge is 0.221 e. The number of hydrogen-bond acceptors (Lipinski definition) is 3. The molecule has 4 heteroatoms. The highest BCUT2D eigenvalue weighted by Crippen LogP contribution is 2.25. The van der Waals surface area contributed by atoms with Gasteiger partial charge in [0.15, 0.2) is 0 Å². The quantitative estimate of drug-likeness (QED) is 0.908. The van der Waals surface area contributed by atoms with E-state index in [4.69, 9.17) is 0 Å². The van der Waals surface area contributed by atoms with Crippen molar-refractivity contribution in [2.75, 3.05) is 31.5 Å². The van der Waals surface area contributed by atoms with Crippen molar-refractivity contribution >= 4 is 11.6 Å². The number of hydrogen-bond donors (Lipinski definition) is 1. The van der Waals surface area contributed by atoms with Crippen LogP contribution in [0.15, 0.2) is 24.3 Å². The Balaban J connectivity index is 1.65. The van der Waals surface area contributed by atoms with Gasteiger partial charge in [0.2, 0.25) is 5.91 Å². The monoisotopic (exact) mass is 301 g/mol. The van der Waals surface area contributed by atoms with Crippen LogP contribution in [0.1, 0.15) is 38.2 Å². The first-order valence-electron chi connectivity index (χ1n) is 8.54. The number of para-hydroxylation sites is 1. The van der Waals surface area contributed by atoms with E-state index in [2.05, 4.69) is 27.2 Å². The molecule has 3 rings (SSSR count). The van der Waals surface area contributed by atoms with Crippen molar-refractivity contribution in [3.63, 3.8) is 0 Å². The summed E-state index contributed by atoms with van der Waals surface area (Å²) in [6.07, 6.45) is 5.32. The second kappa shape index (κ2) is 7.25. The summed E-state index contributed by atoms with van der Waals surface area (Å²) in [6, 6.07) is 8.86. The molecule has 22 heavy (non-hydrogen) atoms. The van der Waals surface area contributed by atoms with Crippen LogP contribution in [0.4, 0.5) is 5.69 Å². The number of anilines is 1. The molecule has 2 fully saturated rings. The summed E-state index contributed by atoms with van der Waals surface area (Å²) in [5.74, 6) is 0.00230. The van der Waals surface area contributed by atoms with Crippen LogP contribution in [0.25, 0.3) is 0 Å². The van der Waals surface area contributed by atoms with Crippen LogP contribution in [0.3, 0.4) is 0 Å². The lowest BCUT2D eigenvalue weighted by atomic mass is 10.1. The number of likely N-dealkylation sites (tertiary alicyclic amines) is 2. The van der Waals surface area contributed by atoms with Crippen molar-refractivity contribution in [2.24, 2.45) is 0 Å². The van der Waals surface area contributed by atoms with Gasteiger partial charge in [-0.25, -0.2) is 0 Å². The van der Waals surface area contributed by atoms with E-state index in [1.807, 2.05) is 12.1 Å². The zero-order valence-electron chi connectivity index (χ0n) is 13.6. The number of rotatable bonds is 5. The number of nitrogens with one attached hydrogen (secondary N) is 1. The summed E-state index contributed by atoms with van der Waals surface area (Å²) >= 11 is 0. The van der Waals surface area contributed by atoms with E-state index in [0.29, 0.717) is 6.04 Å². The van der Waals surface area contributed by atoms with E-state index in [-0.39, 0.29) is 5.91 Å². The van der Waals surface area contributed by atoms with E-state index in [1.165, 1.54) is 57.4 Å². The normalized spacial score (nSPS) is 23.0. The molecule has 1 amide bonds. The highest BCUT2D eigenvalue weighted by molar-refractivity contribution is 5.89. The third kappa shape index (κ3) is 3.87. The van der Waals surface area contributed by atoms with E-state index < -0.39 is 0 Å². The van der Waals surface area contributed by atoms with E-state index in [9.17, 15) is 4.79 Å². The van der Waals surface area contributed by atoms with Gasteiger partial charge in [-0.3, -0.25) is 9.69 Å². The van der Waals surface area contributed by atoms with Crippen molar-refractivity contribution in [1.29, 1.82) is 0 Å². The predicted molar refractivity (Wildman–Crippen MR) is 89.9 cm³/mol. The first-order valence-corrected chi connectivity index (χ1v) is 8.54. The minimum atomic E-state index is 0.00230. The van der Waals surface area contributed by atoms with Crippen molar-refractivity contribution in [2.45, 2.75) is 45.2 Å². The van der Waals surface area contributed by atoms with Crippen LogP contribution in [0.2, 0.25) is 0 Å². The van der Waals surface area contributed by atoms with Crippen molar-refractivity contribution in [3.05, 3.63) is 29.8 Å². The third-order valence-corrected chi connectivity index (χ3v) is 4.87. The average Bonchev–Trinajstić information content (AvgIpc) is 3.14. The summed E-state index contributed by atoms with van der Waals surface area (Å²) in [5, 5.41) is 2.96. The van der Waals surface area contributed by atoms with E-state index >= 15 is 0 Å². The van der Waals surface area contributed by atoms with E-state index in [1.54, 1.807) is 6.92 Å². The molecule has 2 aliphatic heterocycles. The fourth-order valence-electron chi connectivity index (χ4n) is 3.76. The summed E-state index contributed by atoms with van der Waals surface area (Å²) in [7, 11) is 0. The third-order valence-electron chi connectivity index (χ3n) is 4.87. The predicted octanol–water partition coefficient (Wildman–Crippen LogP) is 2.71. The van der Waals surface area contributed by atoms with Gasteiger partial charge < -0.3 is 10.2 Å². The van der Waals surface area contributed by atoms with Gasteiger partial charge >= 0.3 is 0 Å². The van der Waals surface area contributed by atoms with Crippen molar-refractivity contribution in [3.8, 4) is 0 Å². The molecule has 0 aromatic heterocycles. The van der Waals surface area contributed by atoms with Gasteiger partial charge in [-0.05, 0) is 56.9 Å². The first kappa shape index (κ1) is 15.5. The summed E-state index contributed by atoms with van der Waals surface area (Å²) < 4.78 is 0. The molecule has 0 spiro atoms. The van der Waals surface area contributed by atoms with Crippen LogP contribution in [0.5, 0.6) is 0 Å². The van der Waals surface area contributed by atoms with Crippen molar-refractivity contribution < 1.29 is 4.79 Å². The Morgan fingerprint density at radius 1 is 1.18 bits per heavy atom. The molecule has 0 aliphatic carbocycles. The Bertz CT molecular complexity index is 511. The van der Waals surface area contributed by atoms with Gasteiger partial charge in [-0.1, -0.05) is 18.2 Å². The first-order chi connectivity index (χ1) is 10.7. The summed E-state index contributed by atoms with van der Waals surface area (Å²) in [4.78, 5) is 16.6. The molecular formula is C18H27N3O. The molecule has 1 N–H and O–H groups in total. The average molecular weight is 301 g/mol. The van der Waals surface area contributed by atoms with E-state index in [0.717, 1.165) is 12.2 Å². The molecule has 4 nitrogen and oxygen atoms in total. The molecule has 2 aliphatic rings. The maximum absolute atomic E-state index is 11.4. The van der Waals surface area contributed by atoms with Crippen LogP contribution in [0, 0.1) is 0 Å². The van der Waals surface area contributed by atoms with Crippen LogP contribution in [-0.4, -0.2) is 47.9 Å². The summed E-state index contributed by atoms with van der Waals surface area (Å²) in [5.41, 5.74) is 2.19. The highest BCUT2D eigenvalue weighted by Gasteiger charge is 2.27. The molecule has 1 unspecified atom stereocenters. The second-order valence-corrected chi connectivity index (χ2v) is 6.61. The zero-order chi connectivity index (χ0) is 15.4. The standard InChI is InChI=1S/C18H27N3O/c1-15(22)19-18-9-3-2-7-16(18)13-21-12-6-8-17(21)14-20-10-4-5-11-20/h2-3,7,9,17H,4-6,8,10-14H2,1H3,(H,19,22). The molecule has 0 radical (unpaired) electrons. The second-order valence-electron chi connectivity index (χ2n) is 6.61. The number of amides is 1. The Kier molecular flexibility index (Phi) is 5.11. The molecule has 0 bridgehead atoms. The SMILES string of the molecule is CC(=O)Nc1ccccc1CN1CCCC1CN1CCCC1. The number of carbonyl (C=O) groups excluding carboxylic acids is 1. The molecule has 0 saturated carbocycles. The molecule has 1 aromatic carbocycles. The van der Waals surface area contributed by atoms with Crippen molar-refractivity contribution in [1.82, 2.24) is 9.80 Å². The fraction of sp³-hybridized carbons (Fsp3) is 0.611. The van der Waals surface area contributed by atoms with Crippen LogP contribution < -0.4 is 5.32 Å². The van der Waals surface area contributed by atoms with Gasteiger partial charge in [-0.2, -0.15) is 0 Å². The van der Waals surface area contributed by atoms with Gasteiger partial charge in [0.05, 0.1) is 0 Å². The molecule has 2 saturated heterocycles. The lowest BCUT2D eigenvalue weighted by molar-refractivity contribution is -0.114. The highest BCUT2D eigenvalue weighted by atomic mass is 16.1. The molecule has 1 atom stereocenters. The Morgan fingerprint density at radius 3 is 2.73 bits per heavy atom. The van der Waals surface area contributed by atoms with Crippen LogP contribution in [-0.2, 0) is 11.3 Å². The lowest BCUT2D eigenvalue weighted by Gasteiger charge is -2.29. The molecule has 2 heterocycles. The fourth-order valence-corrected chi connectivity index (χ4v) is 3.76. The van der Waals surface area contributed by atoms with Gasteiger partial charge in [0, 0.05) is 31.7 Å². The van der Waals surface area contributed by atoms with Gasteiger partial charge in [0.1, 0.15) is 0 Å². The number of nitrogens with zero attached hydrogens (tertiary/aromatic N) is 2. The maximum Gasteiger partial charge on any atom is 0.221 e. The summed E-state index contributed by atoms with van der Waals surface area (Å²) in [6.45, 7) is 7.44. The largest absolute Gasteiger partial charge is 0.326 e. The minimum Gasteiger partial charge on any atom is -0.326 e. The topological polar surface area (TPSA) is 35.6 Å². The molecule has 1 aromatic rings. The lowest BCUT2D eigenvalue weighted by Crippen LogP contribution is -2.39. The Labute approximate surface area is 133 Å². The van der Waals surface area contributed by atoms with Crippen LogP contribution >= 0.6 is 0 Å². The molecule has 120 valence electrons. The Morgan fingerprint density at radius 2 is 1.95 bits per heavy atom. The van der Waals surface area contributed by atoms with Gasteiger partial charge in [-0.15, -0.1) is 0 Å². The Hall–Kier alpha value is -1.39. The minimum absolute atomic E-state index is 0.00230. The number of carbonyl (C=O) groups is 1. The zero-order valence-corrected chi connectivity index (χ0v) is 13.6. The maximum atomic E-state index is 11.4. The van der Waals surface area contributed by atoms with Gasteiger partial charge in [0.25, 0.3) is 0 Å². The number of benzene rings is 1.